The second-order valence-electron chi connectivity index (χ2n) is 8.39. The van der Waals surface area contributed by atoms with Gasteiger partial charge < -0.3 is 10.3 Å². The molecule has 1 fully saturated rings. The molecule has 182 valence electrons. The first kappa shape index (κ1) is 24.6. The van der Waals surface area contributed by atoms with Crippen LogP contribution in [0.1, 0.15) is 25.7 Å². The molecule has 2 heterocycles. The lowest BCUT2D eigenvalue weighted by Gasteiger charge is -2.34. The van der Waals surface area contributed by atoms with Crippen LogP contribution in [-0.4, -0.2) is 60.1 Å². The van der Waals surface area contributed by atoms with Crippen molar-refractivity contribution in [1.82, 2.24) is 18.7 Å². The monoisotopic (exact) mass is 525 g/mol. The molecule has 34 heavy (non-hydrogen) atoms. The summed E-state index contributed by atoms with van der Waals surface area (Å²) in [4.78, 5) is 24.2. The minimum Gasteiger partial charge on any atom is -0.353 e. The maximum absolute atomic E-state index is 12.6. The van der Waals surface area contributed by atoms with Crippen molar-refractivity contribution in [1.29, 1.82) is 0 Å². The molecule has 2 aliphatic heterocycles. The number of halogens is 1. The number of aromatic amines is 1. The second kappa shape index (κ2) is 9.25. The lowest BCUT2D eigenvalue weighted by Crippen LogP contribution is -2.46. The molecular weight excluding hydrogens is 502 g/mol. The summed E-state index contributed by atoms with van der Waals surface area (Å²) >= 11 is 6.23. The average molecular weight is 526 g/mol. The van der Waals surface area contributed by atoms with Crippen molar-refractivity contribution < 1.29 is 16.8 Å². The van der Waals surface area contributed by atoms with E-state index in [9.17, 15) is 21.6 Å². The highest BCUT2D eigenvalue weighted by Gasteiger charge is 2.37. The standard InChI is InChI=1S/C21H24ClN5O5S2/c1-33(29,30)27(34(2,31)32)15-9-7-14(8-10-15)24-21-23-12-13-11-17(20(28)25-19(13)26-21)16-5-3-4-6-18(16)22/h3-6,11-12,14-15H,7-10H2,1-2H3,(H2,23,24,25,26,28)/t14-,15-. The number of sulfonamides is 2. The molecule has 1 aromatic rings. The molecule has 2 N–H and O–H groups in total. The molecule has 0 amide bonds. The molecule has 0 radical (unpaired) electrons. The summed E-state index contributed by atoms with van der Waals surface area (Å²) in [7, 11) is -7.79. The van der Waals surface area contributed by atoms with E-state index in [0.717, 1.165) is 12.5 Å². The van der Waals surface area contributed by atoms with Crippen LogP contribution in [0.2, 0.25) is 5.02 Å². The van der Waals surface area contributed by atoms with Crippen molar-refractivity contribution in [3.63, 3.8) is 0 Å². The Hall–Kier alpha value is -2.54. The minimum atomic E-state index is -3.89. The maximum Gasteiger partial charge on any atom is 0.279 e. The van der Waals surface area contributed by atoms with Gasteiger partial charge >= 0.3 is 0 Å². The van der Waals surface area contributed by atoms with Crippen LogP contribution in [0.15, 0.2) is 41.3 Å². The van der Waals surface area contributed by atoms with Crippen molar-refractivity contribution in [2.24, 2.45) is 0 Å². The van der Waals surface area contributed by atoms with Gasteiger partial charge in [-0.3, -0.25) is 4.79 Å². The van der Waals surface area contributed by atoms with Gasteiger partial charge in [-0.2, -0.15) is 4.98 Å². The van der Waals surface area contributed by atoms with Crippen molar-refractivity contribution in [3.05, 3.63) is 51.9 Å². The van der Waals surface area contributed by atoms with Crippen LogP contribution in [0.4, 0.5) is 5.95 Å². The van der Waals surface area contributed by atoms with E-state index in [1.54, 1.807) is 36.5 Å². The van der Waals surface area contributed by atoms with E-state index >= 15 is 0 Å². The van der Waals surface area contributed by atoms with Gasteiger partial charge in [-0.05, 0) is 37.8 Å². The SMILES string of the molecule is CS(=O)(=O)N([C@H]1CC[C@H](Nc2ncc3cc(-c4ccccc4Cl)c(=O)nc-3[nH]2)CC1)S(C)(=O)=O. The number of hydrogen-bond donors (Lipinski definition) is 2. The van der Waals surface area contributed by atoms with Crippen LogP contribution in [-0.2, 0) is 20.0 Å². The maximum atomic E-state index is 12.6. The molecule has 3 aliphatic rings. The summed E-state index contributed by atoms with van der Waals surface area (Å²) in [5.41, 5.74) is 1.20. The Morgan fingerprint density at radius 1 is 1.03 bits per heavy atom. The predicted molar refractivity (Wildman–Crippen MR) is 131 cm³/mol. The zero-order valence-electron chi connectivity index (χ0n) is 18.5. The lowest BCUT2D eigenvalue weighted by atomic mass is 9.92. The van der Waals surface area contributed by atoms with Gasteiger partial charge in [0.25, 0.3) is 5.56 Å². The van der Waals surface area contributed by atoms with Crippen LogP contribution in [0.3, 0.4) is 0 Å². The Labute approximate surface area is 202 Å². The van der Waals surface area contributed by atoms with Crippen LogP contribution in [0.5, 0.6) is 0 Å². The number of benzene rings is 1. The van der Waals surface area contributed by atoms with Crippen LogP contribution in [0.25, 0.3) is 22.5 Å². The van der Waals surface area contributed by atoms with Crippen molar-refractivity contribution in [2.45, 2.75) is 37.8 Å². The van der Waals surface area contributed by atoms with Gasteiger partial charge in [0.2, 0.25) is 26.0 Å². The number of nitrogens with zero attached hydrogens (tertiary/aromatic N) is 3. The fourth-order valence-corrected chi connectivity index (χ4v) is 8.06. The zero-order valence-corrected chi connectivity index (χ0v) is 20.9. The molecule has 1 aromatic carbocycles. The Kier molecular flexibility index (Phi) is 6.69. The van der Waals surface area contributed by atoms with E-state index in [4.69, 9.17) is 11.6 Å². The van der Waals surface area contributed by atoms with E-state index < -0.39 is 31.6 Å². The van der Waals surface area contributed by atoms with E-state index in [0.29, 0.717) is 62.9 Å². The molecule has 0 spiro atoms. The summed E-state index contributed by atoms with van der Waals surface area (Å²) in [6, 6.07) is 8.07. The molecular formula is C21H24ClN5O5S2. The number of H-pyrrole nitrogens is 1. The van der Waals surface area contributed by atoms with Gasteiger partial charge in [-0.1, -0.05) is 33.5 Å². The van der Waals surface area contributed by atoms with Gasteiger partial charge in [0, 0.05) is 34.4 Å². The third-order valence-corrected chi connectivity index (χ3v) is 9.60. The number of aromatic nitrogens is 3. The number of anilines is 1. The van der Waals surface area contributed by atoms with Crippen molar-refractivity contribution in [3.8, 4) is 22.5 Å². The Morgan fingerprint density at radius 3 is 2.29 bits per heavy atom. The second-order valence-corrected chi connectivity index (χ2v) is 12.7. The molecule has 0 atom stereocenters. The molecule has 4 rings (SSSR count). The summed E-state index contributed by atoms with van der Waals surface area (Å²) in [6.45, 7) is 0. The summed E-state index contributed by atoms with van der Waals surface area (Å²) in [5.74, 6) is 0.781. The summed E-state index contributed by atoms with van der Waals surface area (Å²) < 4.78 is 48.7. The molecule has 0 unspecified atom stereocenters. The average Bonchev–Trinajstić information content (AvgIpc) is 2.73. The Morgan fingerprint density at radius 2 is 1.68 bits per heavy atom. The smallest absolute Gasteiger partial charge is 0.279 e. The molecule has 0 aromatic heterocycles. The molecule has 1 saturated carbocycles. The third-order valence-electron chi connectivity index (χ3n) is 5.74. The Bertz CT molecular complexity index is 1420. The number of hydrogen-bond acceptors (Lipinski definition) is 8. The highest BCUT2D eigenvalue weighted by atomic mass is 35.5. The minimum absolute atomic E-state index is 0.0486. The van der Waals surface area contributed by atoms with E-state index in [1.807, 2.05) is 0 Å². The topological polar surface area (TPSA) is 142 Å². The van der Waals surface area contributed by atoms with Crippen LogP contribution in [0, 0.1) is 0 Å². The first-order valence-electron chi connectivity index (χ1n) is 10.5. The fraction of sp³-hybridized carbons (Fsp3) is 0.381. The molecule has 10 nitrogen and oxygen atoms in total. The van der Waals surface area contributed by atoms with Gasteiger partial charge in [-0.25, -0.2) is 21.8 Å². The quantitative estimate of drug-likeness (QED) is 0.500. The van der Waals surface area contributed by atoms with E-state index in [-0.39, 0.29) is 6.04 Å². The first-order chi connectivity index (χ1) is 15.9. The van der Waals surface area contributed by atoms with Gasteiger partial charge in [0.15, 0.2) is 0 Å². The number of fused-ring (bicyclic) bond motifs is 1. The zero-order chi connectivity index (χ0) is 24.7. The normalized spacial score (nSPS) is 19.4. The van der Waals surface area contributed by atoms with Crippen LogP contribution < -0.4 is 10.9 Å². The largest absolute Gasteiger partial charge is 0.353 e. The summed E-state index contributed by atoms with van der Waals surface area (Å²) in [5, 5.41) is 3.69. The predicted octanol–water partition coefficient (Wildman–Crippen LogP) is 2.53. The van der Waals surface area contributed by atoms with Gasteiger partial charge in [-0.15, -0.1) is 0 Å². The van der Waals surface area contributed by atoms with Gasteiger partial charge in [0.1, 0.15) is 5.82 Å². The lowest BCUT2D eigenvalue weighted by molar-refractivity contribution is 0.316. The van der Waals surface area contributed by atoms with E-state index in [1.165, 1.54) is 0 Å². The third kappa shape index (κ3) is 5.24. The number of nitrogens with one attached hydrogen (secondary N) is 2. The van der Waals surface area contributed by atoms with Gasteiger partial charge in [0.05, 0.1) is 18.1 Å². The summed E-state index contributed by atoms with van der Waals surface area (Å²) in [6.07, 6.45) is 5.27. The van der Waals surface area contributed by atoms with Crippen molar-refractivity contribution in [2.75, 3.05) is 17.8 Å². The Balaban J connectivity index is 1.50. The van der Waals surface area contributed by atoms with Crippen molar-refractivity contribution >= 4 is 37.6 Å². The number of rotatable bonds is 6. The fourth-order valence-electron chi connectivity index (χ4n) is 4.35. The number of pyridine rings is 1. The van der Waals surface area contributed by atoms with Crippen LogP contribution >= 0.6 is 11.6 Å². The first-order valence-corrected chi connectivity index (χ1v) is 14.6. The molecule has 0 bridgehead atoms. The molecule has 0 saturated heterocycles. The van der Waals surface area contributed by atoms with E-state index in [2.05, 4.69) is 20.3 Å². The molecule has 13 heteroatoms. The highest BCUT2D eigenvalue weighted by Crippen LogP contribution is 2.30. The highest BCUT2D eigenvalue weighted by molar-refractivity contribution is 8.03. The molecule has 1 aliphatic carbocycles.